The average molecular weight is 320 g/mol. The van der Waals surface area contributed by atoms with Crippen LogP contribution in [0, 0.1) is 12.7 Å². The maximum Gasteiger partial charge on any atom is 0.338 e. The highest BCUT2D eigenvalue weighted by Gasteiger charge is 2.22. The van der Waals surface area contributed by atoms with Crippen LogP contribution in [0.1, 0.15) is 15.9 Å². The lowest BCUT2D eigenvalue weighted by Gasteiger charge is -2.11. The first kappa shape index (κ1) is 17.0. The molecule has 0 aliphatic heterocycles. The summed E-state index contributed by atoms with van der Waals surface area (Å²) in [5, 5.41) is 17.9. The van der Waals surface area contributed by atoms with Gasteiger partial charge in [-0.3, -0.25) is 4.79 Å². The summed E-state index contributed by atoms with van der Waals surface area (Å²) in [6.45, 7) is 0.523. The van der Waals surface area contributed by atoms with Crippen molar-refractivity contribution in [1.82, 2.24) is 4.72 Å². The Bertz CT molecular complexity index is 688. The molecule has 0 aliphatic rings. The van der Waals surface area contributed by atoms with Crippen molar-refractivity contribution in [2.45, 2.75) is 17.9 Å². The minimum atomic E-state index is -4.23. The van der Waals surface area contributed by atoms with Crippen LogP contribution in [0.3, 0.4) is 0 Å². The van der Waals surface area contributed by atoms with Crippen LogP contribution in [0.5, 0.6) is 0 Å². The molecule has 21 heavy (non-hydrogen) atoms. The van der Waals surface area contributed by atoms with Gasteiger partial charge in [0, 0.05) is 6.54 Å². The van der Waals surface area contributed by atoms with Gasteiger partial charge in [-0.2, -0.15) is 0 Å². The third-order valence-corrected chi connectivity index (χ3v) is 3.97. The van der Waals surface area contributed by atoms with Crippen LogP contribution in [0.4, 0.5) is 4.39 Å². The highest BCUT2D eigenvalue weighted by atomic mass is 32.2. The minimum Gasteiger partial charge on any atom is -0.478 e. The predicted molar refractivity (Wildman–Crippen MR) is 68.5 cm³/mol. The number of carboxylic acids is 1. The molecule has 1 unspecified atom stereocenters. The number of aryl methyl sites for hydroxylation is 1. The molecule has 0 aliphatic carbocycles. The van der Waals surface area contributed by atoms with Crippen molar-refractivity contribution in [3.8, 4) is 0 Å². The molecule has 1 atom stereocenters. The SMILES string of the molecule is Cc1cc(S(=O)(=O)NCC(O)C(N)=O)cc(C(=O)O)c1F. The summed E-state index contributed by atoms with van der Waals surface area (Å²) < 4.78 is 39.2. The number of primary amides is 1. The zero-order chi connectivity index (χ0) is 16.4. The lowest BCUT2D eigenvalue weighted by Crippen LogP contribution is -2.40. The maximum atomic E-state index is 13.5. The molecule has 0 spiro atoms. The topological polar surface area (TPSA) is 147 Å². The number of aliphatic hydroxyl groups is 1. The van der Waals surface area contributed by atoms with E-state index in [1.54, 1.807) is 0 Å². The largest absolute Gasteiger partial charge is 0.478 e. The Balaban J connectivity index is 3.15. The Morgan fingerprint density at radius 3 is 2.48 bits per heavy atom. The molecule has 0 radical (unpaired) electrons. The van der Waals surface area contributed by atoms with E-state index in [2.05, 4.69) is 0 Å². The Hall–Kier alpha value is -2.04. The zero-order valence-corrected chi connectivity index (χ0v) is 11.6. The average Bonchev–Trinajstić information content (AvgIpc) is 2.38. The molecule has 8 nitrogen and oxygen atoms in total. The number of rotatable bonds is 6. The molecule has 0 aromatic heterocycles. The molecule has 0 bridgehead atoms. The first-order chi connectivity index (χ1) is 9.56. The second-order valence-electron chi connectivity index (χ2n) is 4.18. The molecule has 0 fully saturated rings. The third-order valence-electron chi connectivity index (χ3n) is 2.56. The fourth-order valence-corrected chi connectivity index (χ4v) is 2.57. The standard InChI is InChI=1S/C11H13FN2O6S/c1-5-2-6(3-7(9(5)12)11(17)18)21(19,20)14-4-8(15)10(13)16/h2-3,8,14-15H,4H2,1H3,(H2,13,16)(H,17,18). The number of aromatic carboxylic acids is 1. The number of hydrogen-bond acceptors (Lipinski definition) is 5. The summed E-state index contributed by atoms with van der Waals surface area (Å²) in [5.74, 6) is -3.79. The number of nitrogens with two attached hydrogens (primary N) is 1. The Labute approximate surface area is 119 Å². The van der Waals surface area contributed by atoms with Crippen LogP contribution >= 0.6 is 0 Å². The number of carbonyl (C=O) groups is 2. The Kier molecular flexibility index (Phi) is 4.99. The molecule has 0 saturated carbocycles. The summed E-state index contributed by atoms with van der Waals surface area (Å²) in [5.41, 5.74) is 3.79. The molecule has 1 rings (SSSR count). The fraction of sp³-hybridized carbons (Fsp3) is 0.273. The quantitative estimate of drug-likeness (QED) is 0.526. The molecule has 0 saturated heterocycles. The number of benzene rings is 1. The van der Waals surface area contributed by atoms with Crippen LogP contribution < -0.4 is 10.5 Å². The van der Waals surface area contributed by atoms with Crippen molar-refractivity contribution in [2.75, 3.05) is 6.54 Å². The van der Waals surface area contributed by atoms with Gasteiger partial charge in [-0.25, -0.2) is 22.3 Å². The van der Waals surface area contributed by atoms with Crippen molar-refractivity contribution in [3.05, 3.63) is 29.1 Å². The Morgan fingerprint density at radius 1 is 1.43 bits per heavy atom. The molecular formula is C11H13FN2O6S. The van der Waals surface area contributed by atoms with E-state index in [0.29, 0.717) is 6.07 Å². The number of halogens is 1. The second-order valence-corrected chi connectivity index (χ2v) is 5.94. The van der Waals surface area contributed by atoms with Gasteiger partial charge in [0.2, 0.25) is 15.9 Å². The summed E-state index contributed by atoms with van der Waals surface area (Å²) >= 11 is 0. The fourth-order valence-electron chi connectivity index (χ4n) is 1.42. The maximum absolute atomic E-state index is 13.5. The van der Waals surface area contributed by atoms with E-state index >= 15 is 0 Å². The number of hydrogen-bond donors (Lipinski definition) is 4. The van der Waals surface area contributed by atoms with Crippen molar-refractivity contribution in [3.63, 3.8) is 0 Å². The van der Waals surface area contributed by atoms with Crippen molar-refractivity contribution in [2.24, 2.45) is 5.73 Å². The lowest BCUT2D eigenvalue weighted by atomic mass is 10.1. The van der Waals surface area contributed by atoms with Gasteiger partial charge in [-0.15, -0.1) is 0 Å². The third kappa shape index (κ3) is 3.97. The van der Waals surface area contributed by atoms with Crippen LogP contribution in [-0.2, 0) is 14.8 Å². The first-order valence-corrected chi connectivity index (χ1v) is 7.05. The molecule has 1 aromatic carbocycles. The summed E-state index contributed by atoms with van der Waals surface area (Å²) in [6.07, 6.45) is -1.74. The zero-order valence-electron chi connectivity index (χ0n) is 10.8. The minimum absolute atomic E-state index is 0.175. The molecule has 5 N–H and O–H groups in total. The molecule has 10 heteroatoms. The van der Waals surface area contributed by atoms with Gasteiger partial charge < -0.3 is 15.9 Å². The summed E-state index contributed by atoms with van der Waals surface area (Å²) in [7, 11) is -4.23. The van der Waals surface area contributed by atoms with E-state index in [4.69, 9.17) is 15.9 Å². The number of amides is 1. The number of carbonyl (C=O) groups excluding carboxylic acids is 1. The van der Waals surface area contributed by atoms with Gasteiger partial charge >= 0.3 is 5.97 Å². The monoisotopic (exact) mass is 320 g/mol. The second kappa shape index (κ2) is 6.16. The molecule has 0 heterocycles. The summed E-state index contributed by atoms with van der Waals surface area (Å²) in [4.78, 5) is 21.0. The van der Waals surface area contributed by atoms with Gasteiger partial charge in [0.1, 0.15) is 11.9 Å². The molecule has 1 aromatic rings. The van der Waals surface area contributed by atoms with Gasteiger partial charge in [0.25, 0.3) is 0 Å². The van der Waals surface area contributed by atoms with Crippen LogP contribution in [-0.4, -0.2) is 43.2 Å². The number of carboxylic acid groups (broad SMARTS) is 1. The van der Waals surface area contributed by atoms with E-state index in [0.717, 1.165) is 6.07 Å². The van der Waals surface area contributed by atoms with E-state index in [-0.39, 0.29) is 5.56 Å². The first-order valence-electron chi connectivity index (χ1n) is 5.56. The number of aliphatic hydroxyl groups excluding tert-OH is 1. The van der Waals surface area contributed by atoms with Gasteiger partial charge in [0.05, 0.1) is 10.5 Å². The smallest absolute Gasteiger partial charge is 0.338 e. The normalized spacial score (nSPS) is 12.9. The highest BCUT2D eigenvalue weighted by molar-refractivity contribution is 7.89. The van der Waals surface area contributed by atoms with E-state index in [1.165, 1.54) is 6.92 Å². The predicted octanol–water partition coefficient (Wildman–Crippen LogP) is -1.04. The lowest BCUT2D eigenvalue weighted by molar-refractivity contribution is -0.125. The van der Waals surface area contributed by atoms with E-state index in [9.17, 15) is 22.4 Å². The van der Waals surface area contributed by atoms with Crippen molar-refractivity contribution >= 4 is 21.9 Å². The summed E-state index contributed by atoms with van der Waals surface area (Å²) in [6, 6.07) is 1.57. The van der Waals surface area contributed by atoms with Crippen LogP contribution in [0.25, 0.3) is 0 Å². The molecule has 116 valence electrons. The van der Waals surface area contributed by atoms with E-state index < -0.39 is 50.8 Å². The molecule has 1 amide bonds. The van der Waals surface area contributed by atoms with E-state index in [1.807, 2.05) is 4.72 Å². The van der Waals surface area contributed by atoms with Crippen molar-refractivity contribution < 1.29 is 32.6 Å². The highest BCUT2D eigenvalue weighted by Crippen LogP contribution is 2.19. The number of nitrogens with one attached hydrogen (secondary N) is 1. The number of sulfonamides is 1. The van der Waals surface area contributed by atoms with Crippen LogP contribution in [0.15, 0.2) is 17.0 Å². The van der Waals surface area contributed by atoms with Gasteiger partial charge in [-0.05, 0) is 24.6 Å². The van der Waals surface area contributed by atoms with Gasteiger partial charge in [0.15, 0.2) is 0 Å². The van der Waals surface area contributed by atoms with Crippen LogP contribution in [0.2, 0.25) is 0 Å². The molecular weight excluding hydrogens is 307 g/mol. The van der Waals surface area contributed by atoms with Gasteiger partial charge in [-0.1, -0.05) is 0 Å². The Morgan fingerprint density at radius 2 is 2.00 bits per heavy atom. The van der Waals surface area contributed by atoms with Crippen molar-refractivity contribution in [1.29, 1.82) is 0 Å².